The standard InChI is InChI=1S/C12H15NO3S/c1-4-16-10(14)7-9(3)13-12(15)11-8(2)5-6-17-11/h5-7H,4H2,1-3H3,(H,13,15)/b9-7+. The van der Waals surface area contributed by atoms with Gasteiger partial charge >= 0.3 is 5.97 Å². The van der Waals surface area contributed by atoms with Gasteiger partial charge in [0.15, 0.2) is 0 Å². The number of carbonyl (C=O) groups excluding carboxylic acids is 2. The van der Waals surface area contributed by atoms with Gasteiger partial charge in [-0.15, -0.1) is 11.3 Å². The minimum atomic E-state index is -0.451. The second kappa shape index (κ2) is 6.20. The van der Waals surface area contributed by atoms with Crippen LogP contribution >= 0.6 is 11.3 Å². The van der Waals surface area contributed by atoms with Crippen LogP contribution in [0.2, 0.25) is 0 Å². The molecule has 1 rings (SSSR count). The molecule has 4 nitrogen and oxygen atoms in total. The van der Waals surface area contributed by atoms with E-state index in [0.29, 0.717) is 17.2 Å². The van der Waals surface area contributed by atoms with Crippen molar-refractivity contribution in [3.05, 3.63) is 33.7 Å². The van der Waals surface area contributed by atoms with Crippen molar-refractivity contribution in [2.24, 2.45) is 0 Å². The lowest BCUT2D eigenvalue weighted by atomic mass is 10.3. The van der Waals surface area contributed by atoms with Gasteiger partial charge < -0.3 is 10.1 Å². The summed E-state index contributed by atoms with van der Waals surface area (Å²) in [4.78, 5) is 23.6. The topological polar surface area (TPSA) is 55.4 Å². The van der Waals surface area contributed by atoms with Gasteiger partial charge in [-0.2, -0.15) is 0 Å². The predicted octanol–water partition coefficient (Wildman–Crippen LogP) is 2.25. The van der Waals surface area contributed by atoms with Gasteiger partial charge in [0.25, 0.3) is 5.91 Å². The van der Waals surface area contributed by atoms with Crippen LogP contribution in [0.25, 0.3) is 0 Å². The SMILES string of the molecule is CCOC(=O)/C=C(\C)NC(=O)c1sccc1C. The molecule has 1 aromatic heterocycles. The molecule has 0 bridgehead atoms. The molecule has 1 amide bonds. The summed E-state index contributed by atoms with van der Waals surface area (Å²) in [7, 11) is 0. The highest BCUT2D eigenvalue weighted by molar-refractivity contribution is 7.12. The molecular weight excluding hydrogens is 238 g/mol. The molecule has 5 heteroatoms. The van der Waals surface area contributed by atoms with E-state index in [2.05, 4.69) is 5.32 Å². The lowest BCUT2D eigenvalue weighted by molar-refractivity contribution is -0.137. The second-order valence-electron chi connectivity index (χ2n) is 3.47. The maximum absolute atomic E-state index is 11.8. The number of aryl methyl sites for hydroxylation is 1. The zero-order chi connectivity index (χ0) is 12.8. The third-order valence-electron chi connectivity index (χ3n) is 2.00. The van der Waals surface area contributed by atoms with Gasteiger partial charge in [0.2, 0.25) is 0 Å². The molecule has 1 heterocycles. The van der Waals surface area contributed by atoms with Gasteiger partial charge in [-0.25, -0.2) is 4.79 Å². The summed E-state index contributed by atoms with van der Waals surface area (Å²) in [6.07, 6.45) is 1.27. The number of thiophene rings is 1. The Hall–Kier alpha value is -1.62. The average Bonchev–Trinajstić information content (AvgIpc) is 2.64. The monoisotopic (exact) mass is 253 g/mol. The van der Waals surface area contributed by atoms with E-state index in [-0.39, 0.29) is 5.91 Å². The van der Waals surface area contributed by atoms with E-state index in [9.17, 15) is 9.59 Å². The summed E-state index contributed by atoms with van der Waals surface area (Å²) in [6.45, 7) is 5.57. The molecule has 0 atom stereocenters. The summed E-state index contributed by atoms with van der Waals surface area (Å²) in [5, 5.41) is 4.50. The smallest absolute Gasteiger partial charge is 0.332 e. The normalized spacial score (nSPS) is 11.1. The van der Waals surface area contributed by atoms with E-state index in [4.69, 9.17) is 4.74 Å². The molecule has 0 fully saturated rings. The summed E-state index contributed by atoms with van der Waals surface area (Å²) < 4.78 is 4.74. The molecule has 0 aromatic carbocycles. The number of ether oxygens (including phenoxy) is 1. The van der Waals surface area contributed by atoms with E-state index in [1.54, 1.807) is 13.8 Å². The Morgan fingerprint density at radius 3 is 2.76 bits per heavy atom. The molecule has 17 heavy (non-hydrogen) atoms. The lowest BCUT2D eigenvalue weighted by Crippen LogP contribution is -2.22. The summed E-state index contributed by atoms with van der Waals surface area (Å²) in [5.41, 5.74) is 1.40. The van der Waals surface area contributed by atoms with Crippen LogP contribution in [0.5, 0.6) is 0 Å². The van der Waals surface area contributed by atoms with Crippen LogP contribution in [-0.2, 0) is 9.53 Å². The average molecular weight is 253 g/mol. The maximum atomic E-state index is 11.8. The molecule has 0 aliphatic heterocycles. The number of nitrogens with one attached hydrogen (secondary N) is 1. The molecule has 1 aromatic rings. The number of esters is 1. The first-order valence-electron chi connectivity index (χ1n) is 5.25. The molecule has 0 saturated carbocycles. The predicted molar refractivity (Wildman–Crippen MR) is 66.9 cm³/mol. The number of rotatable bonds is 4. The summed E-state index contributed by atoms with van der Waals surface area (Å²) >= 11 is 1.37. The fourth-order valence-electron chi connectivity index (χ4n) is 1.24. The van der Waals surface area contributed by atoms with Crippen molar-refractivity contribution in [2.45, 2.75) is 20.8 Å². The van der Waals surface area contributed by atoms with E-state index in [1.807, 2.05) is 18.4 Å². The van der Waals surface area contributed by atoms with Gasteiger partial charge in [0, 0.05) is 11.8 Å². The minimum absolute atomic E-state index is 0.199. The maximum Gasteiger partial charge on any atom is 0.332 e. The lowest BCUT2D eigenvalue weighted by Gasteiger charge is -2.04. The Kier molecular flexibility index (Phi) is 4.90. The third kappa shape index (κ3) is 4.03. The van der Waals surface area contributed by atoms with Crippen molar-refractivity contribution in [3.63, 3.8) is 0 Å². The Morgan fingerprint density at radius 1 is 1.53 bits per heavy atom. The van der Waals surface area contributed by atoms with E-state index in [0.717, 1.165) is 5.56 Å². The fraction of sp³-hybridized carbons (Fsp3) is 0.333. The Balaban J connectivity index is 2.63. The van der Waals surface area contributed by atoms with Crippen molar-refractivity contribution in [3.8, 4) is 0 Å². The molecule has 0 radical (unpaired) electrons. The van der Waals surface area contributed by atoms with Crippen LogP contribution < -0.4 is 5.32 Å². The van der Waals surface area contributed by atoms with E-state index < -0.39 is 5.97 Å². The van der Waals surface area contributed by atoms with Crippen molar-refractivity contribution >= 4 is 23.2 Å². The number of hydrogen-bond donors (Lipinski definition) is 1. The number of allylic oxidation sites excluding steroid dienone is 1. The molecule has 0 spiro atoms. The Bertz CT molecular complexity index is 448. The van der Waals surface area contributed by atoms with Crippen LogP contribution in [0, 0.1) is 6.92 Å². The Morgan fingerprint density at radius 2 is 2.24 bits per heavy atom. The zero-order valence-electron chi connectivity index (χ0n) is 10.1. The number of carbonyl (C=O) groups is 2. The molecule has 92 valence electrons. The first-order chi connectivity index (χ1) is 8.04. The highest BCUT2D eigenvalue weighted by Crippen LogP contribution is 2.15. The second-order valence-corrected chi connectivity index (χ2v) is 4.38. The summed E-state index contributed by atoms with van der Waals surface area (Å²) in [5.74, 6) is -0.649. The Labute approximate surface area is 104 Å². The fourth-order valence-corrected chi connectivity index (χ4v) is 2.06. The third-order valence-corrected chi connectivity index (χ3v) is 3.02. The van der Waals surface area contributed by atoms with Crippen molar-refractivity contribution in [1.29, 1.82) is 0 Å². The zero-order valence-corrected chi connectivity index (χ0v) is 10.9. The van der Waals surface area contributed by atoms with Crippen LogP contribution in [0.15, 0.2) is 23.2 Å². The quantitative estimate of drug-likeness (QED) is 0.661. The van der Waals surface area contributed by atoms with Gasteiger partial charge in [-0.3, -0.25) is 4.79 Å². The van der Waals surface area contributed by atoms with Crippen molar-refractivity contribution < 1.29 is 14.3 Å². The van der Waals surface area contributed by atoms with Crippen LogP contribution in [0.3, 0.4) is 0 Å². The largest absolute Gasteiger partial charge is 0.463 e. The molecule has 0 unspecified atom stereocenters. The van der Waals surface area contributed by atoms with E-state index >= 15 is 0 Å². The number of hydrogen-bond acceptors (Lipinski definition) is 4. The highest BCUT2D eigenvalue weighted by Gasteiger charge is 2.10. The molecule has 1 N–H and O–H groups in total. The van der Waals surface area contributed by atoms with Gasteiger partial charge in [0.05, 0.1) is 11.5 Å². The van der Waals surface area contributed by atoms with Crippen LogP contribution in [-0.4, -0.2) is 18.5 Å². The van der Waals surface area contributed by atoms with Gasteiger partial charge in [-0.1, -0.05) is 0 Å². The molecule has 0 aliphatic carbocycles. The van der Waals surface area contributed by atoms with Crippen molar-refractivity contribution in [2.75, 3.05) is 6.61 Å². The van der Waals surface area contributed by atoms with Crippen molar-refractivity contribution in [1.82, 2.24) is 5.32 Å². The van der Waals surface area contributed by atoms with Crippen LogP contribution in [0.4, 0.5) is 0 Å². The molecule has 0 aliphatic rings. The molecule has 0 saturated heterocycles. The summed E-state index contributed by atoms with van der Waals surface area (Å²) in [6, 6.07) is 1.88. The first kappa shape index (κ1) is 13.4. The number of amides is 1. The van der Waals surface area contributed by atoms with E-state index in [1.165, 1.54) is 17.4 Å². The van der Waals surface area contributed by atoms with Gasteiger partial charge in [0.1, 0.15) is 0 Å². The van der Waals surface area contributed by atoms with Crippen LogP contribution in [0.1, 0.15) is 29.1 Å². The minimum Gasteiger partial charge on any atom is -0.463 e. The molecular formula is C12H15NO3S. The highest BCUT2D eigenvalue weighted by atomic mass is 32.1. The van der Waals surface area contributed by atoms with Gasteiger partial charge in [-0.05, 0) is 37.8 Å². The first-order valence-corrected chi connectivity index (χ1v) is 6.13.